The zero-order chi connectivity index (χ0) is 22.1. The molecule has 0 fully saturated rings. The Hall–Kier alpha value is -3.73. The second-order valence-corrected chi connectivity index (χ2v) is 6.24. The van der Waals surface area contributed by atoms with Crippen molar-refractivity contribution in [1.82, 2.24) is 4.98 Å². The number of azo groups is 1. The maximum absolute atomic E-state index is 11.6. The number of para-hydroxylation sites is 1. The van der Waals surface area contributed by atoms with Gasteiger partial charge in [-0.1, -0.05) is 12.1 Å². The molecule has 30 heavy (non-hydrogen) atoms. The van der Waals surface area contributed by atoms with Crippen LogP contribution in [-0.2, 0) is 14.3 Å². The summed E-state index contributed by atoms with van der Waals surface area (Å²) >= 11 is 0. The third kappa shape index (κ3) is 7.02. The Balaban J connectivity index is 2.09. The van der Waals surface area contributed by atoms with Gasteiger partial charge >= 0.3 is 6.16 Å². The number of aromatic nitrogens is 1. The molecular weight excluding hydrogens is 392 g/mol. The van der Waals surface area contributed by atoms with E-state index in [0.717, 1.165) is 0 Å². The standard InChI is InChI=1S/C19H24N6O5/c1-11(2)28-19(27)30-12(3)29-15-7-5-4-6-13(15)24-25-14-8-9-16(23-18(14)21)22-17(26)10-20/h4-9,11-12H,10,20H2,1-3H3,(H3,21,22,23,26). The maximum Gasteiger partial charge on any atom is 0.511 e. The summed E-state index contributed by atoms with van der Waals surface area (Å²) in [7, 11) is 0. The molecule has 0 radical (unpaired) electrons. The summed E-state index contributed by atoms with van der Waals surface area (Å²) in [4.78, 5) is 26.9. The molecule has 0 aliphatic carbocycles. The van der Waals surface area contributed by atoms with E-state index in [2.05, 4.69) is 20.5 Å². The van der Waals surface area contributed by atoms with Crippen molar-refractivity contribution in [3.05, 3.63) is 36.4 Å². The first kappa shape index (κ1) is 22.6. The number of benzene rings is 1. The Morgan fingerprint density at radius 3 is 2.43 bits per heavy atom. The minimum Gasteiger partial charge on any atom is -0.453 e. The first-order valence-corrected chi connectivity index (χ1v) is 9.09. The summed E-state index contributed by atoms with van der Waals surface area (Å²) in [6.45, 7) is 4.80. The van der Waals surface area contributed by atoms with Gasteiger partial charge in [0, 0.05) is 6.92 Å². The van der Waals surface area contributed by atoms with Gasteiger partial charge in [0.15, 0.2) is 11.6 Å². The molecule has 11 heteroatoms. The molecule has 0 aliphatic rings. The number of nitrogen functional groups attached to an aromatic ring is 1. The Bertz CT molecular complexity index is 918. The molecular formula is C19H24N6O5. The molecule has 1 heterocycles. The molecule has 0 aliphatic heterocycles. The topological polar surface area (TPSA) is 164 Å². The minimum atomic E-state index is -0.912. The predicted octanol–water partition coefficient (Wildman–Crippen LogP) is 3.26. The molecule has 2 aromatic rings. The zero-order valence-electron chi connectivity index (χ0n) is 16.9. The van der Waals surface area contributed by atoms with Crippen LogP contribution >= 0.6 is 0 Å². The number of nitrogens with one attached hydrogen (secondary N) is 1. The number of hydrogen-bond donors (Lipinski definition) is 3. The van der Waals surface area contributed by atoms with Crippen molar-refractivity contribution >= 4 is 35.1 Å². The Labute approximate surface area is 173 Å². The van der Waals surface area contributed by atoms with Gasteiger partial charge in [0.2, 0.25) is 12.2 Å². The number of carbonyl (C=O) groups excluding carboxylic acids is 2. The monoisotopic (exact) mass is 416 g/mol. The van der Waals surface area contributed by atoms with E-state index in [1.807, 2.05) is 0 Å². The molecule has 160 valence electrons. The number of nitrogens with zero attached hydrogens (tertiary/aromatic N) is 3. The van der Waals surface area contributed by atoms with Crippen LogP contribution in [0.2, 0.25) is 0 Å². The number of amides is 1. The van der Waals surface area contributed by atoms with E-state index in [0.29, 0.717) is 17.1 Å². The summed E-state index contributed by atoms with van der Waals surface area (Å²) < 4.78 is 15.5. The lowest BCUT2D eigenvalue weighted by atomic mass is 10.3. The fourth-order valence-electron chi connectivity index (χ4n) is 2.12. The number of hydrogen-bond acceptors (Lipinski definition) is 10. The van der Waals surface area contributed by atoms with Gasteiger partial charge in [-0.15, -0.1) is 10.2 Å². The summed E-state index contributed by atoms with van der Waals surface area (Å²) in [5.41, 5.74) is 11.8. The lowest BCUT2D eigenvalue weighted by molar-refractivity contribution is -0.114. The molecule has 2 rings (SSSR count). The van der Waals surface area contributed by atoms with Crippen LogP contribution in [-0.4, -0.2) is 36.0 Å². The second kappa shape index (κ2) is 10.7. The van der Waals surface area contributed by atoms with E-state index in [1.54, 1.807) is 51.1 Å². The molecule has 11 nitrogen and oxygen atoms in total. The highest BCUT2D eigenvalue weighted by molar-refractivity contribution is 5.91. The third-order valence-corrected chi connectivity index (χ3v) is 3.37. The molecule has 0 spiro atoms. The van der Waals surface area contributed by atoms with Crippen molar-refractivity contribution in [2.75, 3.05) is 17.6 Å². The van der Waals surface area contributed by atoms with Crippen molar-refractivity contribution in [2.24, 2.45) is 16.0 Å². The normalized spacial score (nSPS) is 11.9. The first-order chi connectivity index (χ1) is 14.3. The van der Waals surface area contributed by atoms with E-state index in [-0.39, 0.29) is 24.3 Å². The number of pyridine rings is 1. The van der Waals surface area contributed by atoms with Crippen molar-refractivity contribution < 1.29 is 23.8 Å². The lowest BCUT2D eigenvalue weighted by Crippen LogP contribution is -2.23. The molecule has 1 atom stereocenters. The zero-order valence-corrected chi connectivity index (χ0v) is 16.9. The number of nitrogens with two attached hydrogens (primary N) is 2. The predicted molar refractivity (Wildman–Crippen MR) is 110 cm³/mol. The molecule has 0 saturated heterocycles. The van der Waals surface area contributed by atoms with Crippen LogP contribution in [0.1, 0.15) is 20.8 Å². The summed E-state index contributed by atoms with van der Waals surface area (Å²) in [5.74, 6) is 0.269. The Morgan fingerprint density at radius 1 is 1.07 bits per heavy atom. The van der Waals surface area contributed by atoms with Crippen molar-refractivity contribution in [1.29, 1.82) is 0 Å². The van der Waals surface area contributed by atoms with Crippen LogP contribution in [0.4, 0.5) is 27.8 Å². The molecule has 5 N–H and O–H groups in total. The molecule has 1 unspecified atom stereocenters. The third-order valence-electron chi connectivity index (χ3n) is 3.37. The molecule has 0 saturated carbocycles. The van der Waals surface area contributed by atoms with Crippen molar-refractivity contribution in [3.8, 4) is 5.75 Å². The van der Waals surface area contributed by atoms with Crippen LogP contribution in [0.3, 0.4) is 0 Å². The van der Waals surface area contributed by atoms with Gasteiger partial charge in [-0.2, -0.15) is 0 Å². The summed E-state index contributed by atoms with van der Waals surface area (Å²) in [6, 6.07) is 9.86. The molecule has 1 amide bonds. The van der Waals surface area contributed by atoms with E-state index >= 15 is 0 Å². The van der Waals surface area contributed by atoms with Crippen LogP contribution in [0, 0.1) is 0 Å². The number of ether oxygens (including phenoxy) is 3. The maximum atomic E-state index is 11.6. The van der Waals surface area contributed by atoms with Gasteiger partial charge in [-0.25, -0.2) is 9.78 Å². The largest absolute Gasteiger partial charge is 0.511 e. The first-order valence-electron chi connectivity index (χ1n) is 9.09. The average molecular weight is 416 g/mol. The van der Waals surface area contributed by atoms with Crippen LogP contribution in [0.25, 0.3) is 0 Å². The molecule has 0 bridgehead atoms. The van der Waals surface area contributed by atoms with E-state index in [4.69, 9.17) is 25.7 Å². The van der Waals surface area contributed by atoms with Gasteiger partial charge in [-0.05, 0) is 38.1 Å². The SMILES string of the molecule is CC(C)OC(=O)OC(C)Oc1ccccc1N=Nc1ccc(NC(=O)CN)nc1N. The van der Waals surface area contributed by atoms with E-state index in [1.165, 1.54) is 6.07 Å². The van der Waals surface area contributed by atoms with Gasteiger partial charge in [0.1, 0.15) is 17.2 Å². The second-order valence-electron chi connectivity index (χ2n) is 6.24. The van der Waals surface area contributed by atoms with Gasteiger partial charge in [-0.3, -0.25) is 4.79 Å². The summed E-state index contributed by atoms with van der Waals surface area (Å²) in [5, 5.41) is 10.7. The number of carbonyl (C=O) groups is 2. The quantitative estimate of drug-likeness (QED) is 0.335. The van der Waals surface area contributed by atoms with Gasteiger partial charge in [0.05, 0.1) is 12.6 Å². The minimum absolute atomic E-state index is 0.0695. The highest BCUT2D eigenvalue weighted by Gasteiger charge is 2.15. The fourth-order valence-corrected chi connectivity index (χ4v) is 2.12. The van der Waals surface area contributed by atoms with Gasteiger partial charge in [0.25, 0.3) is 0 Å². The van der Waals surface area contributed by atoms with E-state index < -0.39 is 18.4 Å². The average Bonchev–Trinajstić information content (AvgIpc) is 2.67. The lowest BCUT2D eigenvalue weighted by Gasteiger charge is -2.16. The smallest absolute Gasteiger partial charge is 0.453 e. The van der Waals surface area contributed by atoms with Crippen LogP contribution < -0.4 is 21.5 Å². The Morgan fingerprint density at radius 2 is 1.77 bits per heavy atom. The molecule has 1 aromatic carbocycles. The van der Waals surface area contributed by atoms with Gasteiger partial charge < -0.3 is 31.0 Å². The molecule has 1 aromatic heterocycles. The van der Waals surface area contributed by atoms with Crippen molar-refractivity contribution in [2.45, 2.75) is 33.2 Å². The van der Waals surface area contributed by atoms with Crippen molar-refractivity contribution in [3.63, 3.8) is 0 Å². The van der Waals surface area contributed by atoms with Crippen LogP contribution in [0.15, 0.2) is 46.6 Å². The Kier molecular flexibility index (Phi) is 8.06. The number of rotatable bonds is 8. The fraction of sp³-hybridized carbons (Fsp3) is 0.316. The van der Waals surface area contributed by atoms with E-state index in [9.17, 15) is 9.59 Å². The van der Waals surface area contributed by atoms with Crippen LogP contribution in [0.5, 0.6) is 5.75 Å². The highest BCUT2D eigenvalue weighted by atomic mass is 16.8. The number of anilines is 2. The summed E-state index contributed by atoms with van der Waals surface area (Å²) in [6.07, 6.45) is -2.05. The highest BCUT2D eigenvalue weighted by Crippen LogP contribution is 2.31.